The molecule has 0 aliphatic carbocycles. The predicted octanol–water partition coefficient (Wildman–Crippen LogP) is 5.17. The number of carbonyl (C=O) groups excluding carboxylic acids is 1. The molecule has 2 heterocycles. The molecular weight excluding hydrogens is 496 g/mol. The van der Waals surface area contributed by atoms with Crippen molar-refractivity contribution in [1.82, 2.24) is 9.97 Å². The van der Waals surface area contributed by atoms with Crippen LogP contribution >= 0.6 is 11.6 Å². The molecule has 0 spiro atoms. The van der Waals surface area contributed by atoms with Gasteiger partial charge in [0.2, 0.25) is 17.5 Å². The Labute approximate surface area is 219 Å². The van der Waals surface area contributed by atoms with Crippen LogP contribution in [-0.2, 0) is 4.79 Å². The molecule has 0 bridgehead atoms. The molecule has 0 radical (unpaired) electrons. The van der Waals surface area contributed by atoms with Crippen molar-refractivity contribution in [2.24, 2.45) is 0 Å². The summed E-state index contributed by atoms with van der Waals surface area (Å²) in [7, 11) is 0. The summed E-state index contributed by atoms with van der Waals surface area (Å²) in [4.78, 5) is 33.0. The Morgan fingerprint density at radius 1 is 1.22 bits per heavy atom. The molecule has 2 N–H and O–H groups in total. The number of nitrogens with one attached hydrogen (secondary N) is 2. The Balaban J connectivity index is 1.35. The Morgan fingerprint density at radius 2 is 2.03 bits per heavy atom. The van der Waals surface area contributed by atoms with E-state index in [2.05, 4.69) is 26.7 Å². The largest absolute Gasteiger partial charge is 0.493 e. The summed E-state index contributed by atoms with van der Waals surface area (Å²) < 4.78 is 5.74. The van der Waals surface area contributed by atoms with E-state index in [1.165, 1.54) is 18.8 Å². The molecule has 0 unspecified atom stereocenters. The van der Waals surface area contributed by atoms with Crippen LogP contribution in [0.1, 0.15) is 25.3 Å². The lowest BCUT2D eigenvalue weighted by Gasteiger charge is -2.27. The minimum absolute atomic E-state index is 0.144. The Morgan fingerprint density at radius 3 is 2.73 bits per heavy atom. The molecule has 4 rings (SSSR count). The van der Waals surface area contributed by atoms with E-state index in [0.717, 1.165) is 12.0 Å². The van der Waals surface area contributed by atoms with Crippen molar-refractivity contribution >= 4 is 46.1 Å². The third-order valence-electron chi connectivity index (χ3n) is 5.75. The normalized spacial score (nSPS) is 13.0. The van der Waals surface area contributed by atoms with Crippen LogP contribution in [0.2, 0.25) is 5.02 Å². The van der Waals surface area contributed by atoms with Gasteiger partial charge in [-0.05, 0) is 48.2 Å². The zero-order valence-corrected chi connectivity index (χ0v) is 21.1. The summed E-state index contributed by atoms with van der Waals surface area (Å²) in [6.07, 6.45) is 4.71. The number of carbonyl (C=O) groups is 1. The number of aromatic nitrogens is 2. The smallest absolute Gasteiger partial charge is 0.353 e. The molecule has 2 aromatic carbocycles. The van der Waals surface area contributed by atoms with Gasteiger partial charge in [-0.1, -0.05) is 35.9 Å². The van der Waals surface area contributed by atoms with Crippen LogP contribution in [-0.4, -0.2) is 47.0 Å². The number of nitrogens with zero attached hydrogens (tertiary/aromatic N) is 4. The quantitative estimate of drug-likeness (QED) is 0.212. The van der Waals surface area contributed by atoms with E-state index < -0.39 is 4.92 Å². The van der Waals surface area contributed by atoms with Crippen LogP contribution < -0.4 is 20.3 Å². The van der Waals surface area contributed by atoms with Gasteiger partial charge < -0.3 is 20.3 Å². The maximum atomic E-state index is 12.0. The van der Waals surface area contributed by atoms with E-state index in [0.29, 0.717) is 54.9 Å². The van der Waals surface area contributed by atoms with E-state index >= 15 is 0 Å². The molecule has 3 aromatic rings. The number of nitro groups is 1. The summed E-state index contributed by atoms with van der Waals surface area (Å²) in [6.45, 7) is 3.34. The third-order valence-corrected chi connectivity index (χ3v) is 6.00. The number of hydrogen-bond acceptors (Lipinski definition) is 8. The molecule has 37 heavy (non-hydrogen) atoms. The second-order valence-electron chi connectivity index (χ2n) is 8.42. The average molecular weight is 523 g/mol. The van der Waals surface area contributed by atoms with Gasteiger partial charge in [-0.15, -0.1) is 0 Å². The van der Waals surface area contributed by atoms with Gasteiger partial charge in [0.15, 0.2) is 0 Å². The first-order valence-electron chi connectivity index (χ1n) is 11.8. The number of rotatable bonds is 10. The van der Waals surface area contributed by atoms with Crippen molar-refractivity contribution in [3.8, 4) is 5.75 Å². The van der Waals surface area contributed by atoms with Crippen molar-refractivity contribution in [3.63, 3.8) is 0 Å². The Bertz CT molecular complexity index is 1300. The van der Waals surface area contributed by atoms with E-state index in [9.17, 15) is 14.9 Å². The van der Waals surface area contributed by atoms with Crippen LogP contribution in [0, 0.1) is 10.1 Å². The summed E-state index contributed by atoms with van der Waals surface area (Å²) in [5.41, 5.74) is 2.77. The number of halogens is 1. The first kappa shape index (κ1) is 25.9. The fraction of sp³-hybridized carbons (Fsp3) is 0.269. The lowest BCUT2D eigenvalue weighted by atomic mass is 9.99. The summed E-state index contributed by atoms with van der Waals surface area (Å²) in [5.74, 6) is 0.933. The molecule has 1 aromatic heterocycles. The first-order chi connectivity index (χ1) is 17.9. The fourth-order valence-corrected chi connectivity index (χ4v) is 4.15. The fourth-order valence-electron chi connectivity index (χ4n) is 4.02. The maximum absolute atomic E-state index is 12.0. The summed E-state index contributed by atoms with van der Waals surface area (Å²) in [6, 6.07) is 14.8. The van der Waals surface area contributed by atoms with Gasteiger partial charge in [-0.2, -0.15) is 0 Å². The van der Waals surface area contributed by atoms with Gasteiger partial charge in [0, 0.05) is 43.3 Å². The highest BCUT2D eigenvalue weighted by atomic mass is 35.5. The molecular formula is C26H27ClN6O4. The van der Waals surface area contributed by atoms with Crippen LogP contribution in [0.3, 0.4) is 0 Å². The van der Waals surface area contributed by atoms with Crippen molar-refractivity contribution in [2.45, 2.75) is 19.8 Å². The average Bonchev–Trinajstić information content (AvgIpc) is 2.88. The van der Waals surface area contributed by atoms with Crippen LogP contribution in [0.5, 0.6) is 5.75 Å². The van der Waals surface area contributed by atoms with Gasteiger partial charge >= 0.3 is 5.69 Å². The van der Waals surface area contributed by atoms with Gasteiger partial charge in [0.25, 0.3) is 0 Å². The van der Waals surface area contributed by atoms with Crippen molar-refractivity contribution in [1.29, 1.82) is 0 Å². The molecule has 0 saturated carbocycles. The molecule has 1 aliphatic rings. The molecule has 11 heteroatoms. The van der Waals surface area contributed by atoms with Crippen LogP contribution in [0.25, 0.3) is 5.57 Å². The molecule has 0 saturated heterocycles. The highest BCUT2D eigenvalue weighted by molar-refractivity contribution is 6.30. The van der Waals surface area contributed by atoms with Gasteiger partial charge in [0.1, 0.15) is 12.1 Å². The number of ether oxygens (including phenoxy) is 1. The van der Waals surface area contributed by atoms with Crippen LogP contribution in [0.4, 0.5) is 23.0 Å². The van der Waals surface area contributed by atoms with E-state index in [4.69, 9.17) is 16.3 Å². The zero-order valence-electron chi connectivity index (χ0n) is 20.3. The molecule has 1 aliphatic heterocycles. The lowest BCUT2D eigenvalue weighted by molar-refractivity contribution is -0.383. The zero-order chi connectivity index (χ0) is 26.2. The number of benzene rings is 2. The minimum Gasteiger partial charge on any atom is -0.493 e. The topological polar surface area (TPSA) is 123 Å². The number of amides is 1. The van der Waals surface area contributed by atoms with E-state index in [-0.39, 0.29) is 17.4 Å². The van der Waals surface area contributed by atoms with E-state index in [1.807, 2.05) is 29.2 Å². The van der Waals surface area contributed by atoms with E-state index in [1.54, 1.807) is 24.3 Å². The van der Waals surface area contributed by atoms with Crippen molar-refractivity contribution < 1.29 is 14.5 Å². The van der Waals surface area contributed by atoms with Gasteiger partial charge in [0.05, 0.1) is 11.5 Å². The minimum atomic E-state index is -0.444. The third kappa shape index (κ3) is 6.95. The predicted molar refractivity (Wildman–Crippen MR) is 144 cm³/mol. The summed E-state index contributed by atoms with van der Waals surface area (Å²) in [5, 5.41) is 18.4. The Hall–Kier alpha value is -4.18. The maximum Gasteiger partial charge on any atom is 0.353 e. The van der Waals surface area contributed by atoms with Gasteiger partial charge in [-0.3, -0.25) is 14.9 Å². The van der Waals surface area contributed by atoms with Crippen LogP contribution in [0.15, 0.2) is 60.9 Å². The lowest BCUT2D eigenvalue weighted by Crippen LogP contribution is -2.30. The number of anilines is 3. The first-order valence-corrected chi connectivity index (χ1v) is 12.2. The molecule has 192 valence electrons. The van der Waals surface area contributed by atoms with Gasteiger partial charge in [-0.25, -0.2) is 9.97 Å². The molecule has 1 amide bonds. The molecule has 10 nitrogen and oxygen atoms in total. The molecule has 0 fully saturated rings. The SMILES string of the molecule is CC(=O)Nc1cccc(OCCCNc2ncnc(N3CC=C(c4ccc(Cl)cc4)CC3)c2[N+](=O)[O-])c1. The second kappa shape index (κ2) is 12.2. The standard InChI is InChI=1S/C26H27ClN6O4/c1-18(34)31-22-4-2-5-23(16-22)37-15-3-12-28-25-24(33(35)36)26(30-17-29-25)32-13-10-20(11-14-32)19-6-8-21(27)9-7-19/h2,4-10,16-17H,3,11-15H2,1H3,(H,31,34)(H,28,29,30). The monoisotopic (exact) mass is 522 g/mol. The van der Waals surface area contributed by atoms with Crippen molar-refractivity contribution in [3.05, 3.63) is 81.6 Å². The number of hydrogen-bond donors (Lipinski definition) is 2. The van der Waals surface area contributed by atoms with Crippen molar-refractivity contribution in [2.75, 3.05) is 41.8 Å². The highest BCUT2D eigenvalue weighted by Crippen LogP contribution is 2.34. The molecule has 0 atom stereocenters. The summed E-state index contributed by atoms with van der Waals surface area (Å²) >= 11 is 5.99. The highest BCUT2D eigenvalue weighted by Gasteiger charge is 2.28. The Kier molecular flexibility index (Phi) is 8.52. The second-order valence-corrected chi connectivity index (χ2v) is 8.86.